The summed E-state index contributed by atoms with van der Waals surface area (Å²) in [5, 5.41) is 10.1. The van der Waals surface area contributed by atoms with E-state index in [2.05, 4.69) is 10.1 Å². The van der Waals surface area contributed by atoms with Gasteiger partial charge in [0.2, 0.25) is 0 Å². The van der Waals surface area contributed by atoms with Gasteiger partial charge in [0.05, 0.1) is 7.11 Å². The molecule has 7 nitrogen and oxygen atoms in total. The molecule has 0 heterocycles. The fourth-order valence-electron chi connectivity index (χ4n) is 1.81. The Morgan fingerprint density at radius 2 is 1.86 bits per heavy atom. The lowest BCUT2D eigenvalue weighted by atomic mass is 10.0. The van der Waals surface area contributed by atoms with Gasteiger partial charge in [-0.15, -0.1) is 0 Å². The molecule has 1 rings (SSSR count). The van der Waals surface area contributed by atoms with E-state index in [0.29, 0.717) is 0 Å². The first kappa shape index (κ1) is 17.1. The van der Waals surface area contributed by atoms with E-state index in [0.717, 1.165) is 20.0 Å². The highest BCUT2D eigenvalue weighted by Gasteiger charge is 2.36. The van der Waals surface area contributed by atoms with Crippen LogP contribution >= 0.6 is 0 Å². The normalized spacial score (nSPS) is 15.8. The largest absolute Gasteiger partial charge is 0.464 e. The maximum absolute atomic E-state index is 11.8. The molecule has 0 spiro atoms. The average Bonchev–Trinajstić information content (AvgIpc) is 3.17. The molecule has 118 valence electrons. The number of carbonyl (C=O) groups excluding carboxylic acids is 3. The van der Waals surface area contributed by atoms with Crippen molar-refractivity contribution in [3.63, 3.8) is 0 Å². The highest BCUT2D eigenvalue weighted by atomic mass is 16.6. The number of ether oxygens (including phenoxy) is 2. The van der Waals surface area contributed by atoms with Crippen molar-refractivity contribution in [2.75, 3.05) is 7.11 Å². The third-order valence-electron chi connectivity index (χ3n) is 2.97. The van der Waals surface area contributed by atoms with E-state index < -0.39 is 35.2 Å². The number of ketones is 1. The molecule has 2 N–H and O–H groups in total. The van der Waals surface area contributed by atoms with E-state index in [1.807, 2.05) is 0 Å². The number of Topliss-reactive ketones (excluding diaryl/α,β-unsaturated/α-hetero) is 1. The molecule has 1 atom stereocenters. The standard InChI is InChI=1S/C14H22N2O5/c1-14(2,3)21-13(19)16-9(8-5-6-8)7-10(17)11(15)12(18)20-4/h8-9,15H,5-7H2,1-4H3,(H,16,19)/t9-/m0/s1. The first-order valence-corrected chi connectivity index (χ1v) is 6.83. The summed E-state index contributed by atoms with van der Waals surface area (Å²) in [6.45, 7) is 5.24. The Hall–Kier alpha value is -1.92. The van der Waals surface area contributed by atoms with Crippen LogP contribution in [0, 0.1) is 11.3 Å². The van der Waals surface area contributed by atoms with Crippen LogP contribution in [0.25, 0.3) is 0 Å². The Labute approximate surface area is 123 Å². The predicted octanol–water partition coefficient (Wildman–Crippen LogP) is 1.44. The molecule has 1 aliphatic rings. The summed E-state index contributed by atoms with van der Waals surface area (Å²) in [7, 11) is 1.11. The number of nitrogens with one attached hydrogen (secondary N) is 2. The fraction of sp³-hybridized carbons (Fsp3) is 0.714. The lowest BCUT2D eigenvalue weighted by molar-refractivity contribution is -0.133. The van der Waals surface area contributed by atoms with Gasteiger partial charge in [0.1, 0.15) is 5.60 Å². The molecule has 0 aromatic heterocycles. The summed E-state index contributed by atoms with van der Waals surface area (Å²) in [5.41, 5.74) is -1.32. The minimum atomic E-state index is -0.966. The van der Waals surface area contributed by atoms with E-state index in [1.165, 1.54) is 0 Å². The number of rotatable bonds is 6. The Bertz CT molecular complexity index is 449. The van der Waals surface area contributed by atoms with Crippen molar-refractivity contribution in [2.45, 2.75) is 51.7 Å². The number of methoxy groups -OCH3 is 1. The molecule has 1 saturated carbocycles. The molecule has 21 heavy (non-hydrogen) atoms. The minimum absolute atomic E-state index is 0.0994. The van der Waals surface area contributed by atoms with Crippen LogP contribution in [0.15, 0.2) is 0 Å². The van der Waals surface area contributed by atoms with E-state index in [4.69, 9.17) is 10.1 Å². The zero-order valence-electron chi connectivity index (χ0n) is 12.8. The molecule has 0 aromatic carbocycles. The maximum atomic E-state index is 11.8. The monoisotopic (exact) mass is 298 g/mol. The van der Waals surface area contributed by atoms with Crippen molar-refractivity contribution in [1.82, 2.24) is 5.32 Å². The van der Waals surface area contributed by atoms with Gasteiger partial charge in [0.25, 0.3) is 0 Å². The Morgan fingerprint density at radius 1 is 1.29 bits per heavy atom. The van der Waals surface area contributed by atoms with Gasteiger partial charge in [-0.05, 0) is 39.5 Å². The molecule has 0 aromatic rings. The first-order chi connectivity index (χ1) is 9.64. The highest BCUT2D eigenvalue weighted by molar-refractivity contribution is 6.63. The first-order valence-electron chi connectivity index (χ1n) is 6.83. The third kappa shape index (κ3) is 5.93. The van der Waals surface area contributed by atoms with Crippen molar-refractivity contribution < 1.29 is 23.9 Å². The molecule has 1 amide bonds. The summed E-state index contributed by atoms with van der Waals surface area (Å²) in [4.78, 5) is 34.7. The minimum Gasteiger partial charge on any atom is -0.464 e. The van der Waals surface area contributed by atoms with Crippen molar-refractivity contribution in [3.8, 4) is 0 Å². The molecule has 7 heteroatoms. The van der Waals surface area contributed by atoms with Gasteiger partial charge in [0.15, 0.2) is 11.5 Å². The van der Waals surface area contributed by atoms with Gasteiger partial charge in [-0.1, -0.05) is 0 Å². The van der Waals surface area contributed by atoms with Gasteiger partial charge in [-0.2, -0.15) is 0 Å². The van der Waals surface area contributed by atoms with Crippen LogP contribution < -0.4 is 5.32 Å². The molecular weight excluding hydrogens is 276 g/mol. The average molecular weight is 298 g/mol. The molecule has 0 radical (unpaired) electrons. The second-order valence-corrected chi connectivity index (χ2v) is 6.08. The van der Waals surface area contributed by atoms with Crippen LogP contribution in [0.3, 0.4) is 0 Å². The highest BCUT2D eigenvalue weighted by Crippen LogP contribution is 2.34. The molecule has 0 aliphatic heterocycles. The Balaban J connectivity index is 2.59. The number of hydrogen-bond acceptors (Lipinski definition) is 6. The van der Waals surface area contributed by atoms with Crippen LogP contribution in [0.1, 0.15) is 40.0 Å². The summed E-state index contributed by atoms with van der Waals surface area (Å²) in [5.74, 6) is -1.42. The van der Waals surface area contributed by atoms with E-state index in [1.54, 1.807) is 20.8 Å². The van der Waals surface area contributed by atoms with Crippen LogP contribution in [0.5, 0.6) is 0 Å². The summed E-state index contributed by atoms with van der Waals surface area (Å²) in [6.07, 6.45) is 1.10. The molecular formula is C14H22N2O5. The van der Waals surface area contributed by atoms with E-state index in [-0.39, 0.29) is 12.3 Å². The number of hydrogen-bond donors (Lipinski definition) is 2. The Kier molecular flexibility index (Phi) is 5.46. The third-order valence-corrected chi connectivity index (χ3v) is 2.97. The number of carbonyl (C=O) groups is 3. The van der Waals surface area contributed by atoms with Gasteiger partial charge in [-0.25, -0.2) is 9.59 Å². The lowest BCUT2D eigenvalue weighted by Crippen LogP contribution is -2.42. The van der Waals surface area contributed by atoms with Gasteiger partial charge in [-0.3, -0.25) is 10.2 Å². The van der Waals surface area contributed by atoms with Crippen LogP contribution in [0.2, 0.25) is 0 Å². The number of esters is 1. The van der Waals surface area contributed by atoms with Crippen LogP contribution in [-0.2, 0) is 19.1 Å². The molecule has 1 aliphatic carbocycles. The van der Waals surface area contributed by atoms with Crippen molar-refractivity contribution in [3.05, 3.63) is 0 Å². The molecule has 0 saturated heterocycles. The maximum Gasteiger partial charge on any atom is 0.407 e. The second-order valence-electron chi connectivity index (χ2n) is 6.08. The smallest absolute Gasteiger partial charge is 0.407 e. The van der Waals surface area contributed by atoms with E-state index in [9.17, 15) is 14.4 Å². The fourth-order valence-corrected chi connectivity index (χ4v) is 1.81. The van der Waals surface area contributed by atoms with Crippen molar-refractivity contribution in [1.29, 1.82) is 5.41 Å². The Morgan fingerprint density at radius 3 is 2.29 bits per heavy atom. The summed E-state index contributed by atoms with van der Waals surface area (Å²) in [6, 6.07) is -0.419. The SMILES string of the molecule is COC(=O)C(=N)C(=O)C[C@H](NC(=O)OC(C)(C)C)C1CC1. The van der Waals surface area contributed by atoms with Crippen molar-refractivity contribution >= 4 is 23.6 Å². The molecule has 0 bridgehead atoms. The summed E-state index contributed by atoms with van der Waals surface area (Å²) < 4.78 is 9.49. The molecule has 0 unspecified atom stereocenters. The number of alkyl carbamates (subject to hydrolysis) is 1. The van der Waals surface area contributed by atoms with E-state index >= 15 is 0 Å². The zero-order chi connectivity index (χ0) is 16.2. The van der Waals surface area contributed by atoms with Gasteiger partial charge >= 0.3 is 12.1 Å². The molecule has 1 fully saturated rings. The second kappa shape index (κ2) is 6.69. The number of amides is 1. The topological polar surface area (TPSA) is 106 Å². The van der Waals surface area contributed by atoms with Crippen LogP contribution in [-0.4, -0.2) is 42.3 Å². The van der Waals surface area contributed by atoms with Gasteiger partial charge < -0.3 is 14.8 Å². The van der Waals surface area contributed by atoms with Crippen LogP contribution in [0.4, 0.5) is 4.79 Å². The van der Waals surface area contributed by atoms with Crippen molar-refractivity contribution in [2.24, 2.45) is 5.92 Å². The predicted molar refractivity (Wildman–Crippen MR) is 75.2 cm³/mol. The zero-order valence-corrected chi connectivity index (χ0v) is 12.8. The van der Waals surface area contributed by atoms with Gasteiger partial charge in [0, 0.05) is 12.5 Å². The lowest BCUT2D eigenvalue weighted by Gasteiger charge is -2.23. The quantitative estimate of drug-likeness (QED) is 0.438. The summed E-state index contributed by atoms with van der Waals surface area (Å²) >= 11 is 0.